The number of aromatic hydroxyl groups is 1. The second-order valence-corrected chi connectivity index (χ2v) is 4.95. The predicted molar refractivity (Wildman–Crippen MR) is 82.4 cm³/mol. The lowest BCUT2D eigenvalue weighted by atomic mass is 10.1. The van der Waals surface area contributed by atoms with E-state index < -0.39 is 0 Å². The van der Waals surface area contributed by atoms with Gasteiger partial charge in [0.25, 0.3) is 5.91 Å². The van der Waals surface area contributed by atoms with Crippen molar-refractivity contribution in [2.24, 2.45) is 0 Å². The largest absolute Gasteiger partial charge is 0.508 e. The van der Waals surface area contributed by atoms with Gasteiger partial charge in [0.2, 0.25) is 0 Å². The topological polar surface area (TPSA) is 65.1 Å². The fourth-order valence-electron chi connectivity index (χ4n) is 2.27. The van der Waals surface area contributed by atoms with Crippen molar-refractivity contribution >= 4 is 16.8 Å². The fourth-order valence-corrected chi connectivity index (χ4v) is 2.27. The molecule has 3 rings (SSSR count). The third-order valence-electron chi connectivity index (χ3n) is 3.45. The van der Waals surface area contributed by atoms with Gasteiger partial charge in [0.15, 0.2) is 0 Å². The summed E-state index contributed by atoms with van der Waals surface area (Å²) in [5.41, 5.74) is 2.68. The molecule has 1 amide bonds. The number of aromatic nitrogens is 1. The Morgan fingerprint density at radius 2 is 1.90 bits per heavy atom. The lowest BCUT2D eigenvalue weighted by Gasteiger charge is -2.06. The number of fused-ring (bicyclic) bond motifs is 1. The summed E-state index contributed by atoms with van der Waals surface area (Å²) in [6.07, 6.45) is 2.59. The van der Waals surface area contributed by atoms with E-state index in [1.807, 2.05) is 42.6 Å². The number of nitrogens with one attached hydrogen (secondary N) is 2. The van der Waals surface area contributed by atoms with E-state index in [-0.39, 0.29) is 11.7 Å². The summed E-state index contributed by atoms with van der Waals surface area (Å²) in [5, 5.41) is 13.2. The van der Waals surface area contributed by atoms with Gasteiger partial charge < -0.3 is 15.4 Å². The quantitative estimate of drug-likeness (QED) is 0.688. The van der Waals surface area contributed by atoms with E-state index in [4.69, 9.17) is 0 Å². The number of carbonyl (C=O) groups excluding carboxylic acids is 1. The zero-order chi connectivity index (χ0) is 14.7. The molecule has 0 fully saturated rings. The highest BCUT2D eigenvalue weighted by Gasteiger charge is 2.06. The molecule has 3 N–H and O–H groups in total. The van der Waals surface area contributed by atoms with Gasteiger partial charge in [-0.05, 0) is 47.7 Å². The minimum absolute atomic E-state index is 0.0784. The highest BCUT2D eigenvalue weighted by atomic mass is 16.3. The third kappa shape index (κ3) is 3.05. The summed E-state index contributed by atoms with van der Waals surface area (Å²) < 4.78 is 0. The molecule has 0 spiro atoms. The van der Waals surface area contributed by atoms with E-state index in [1.165, 1.54) is 0 Å². The predicted octanol–water partition coefficient (Wildman–Crippen LogP) is 2.85. The van der Waals surface area contributed by atoms with Crippen LogP contribution in [0.4, 0.5) is 0 Å². The molecule has 0 aliphatic carbocycles. The molecule has 4 nitrogen and oxygen atoms in total. The molecule has 3 aromatic rings. The Morgan fingerprint density at radius 3 is 2.71 bits per heavy atom. The molecule has 0 unspecified atom stereocenters. The van der Waals surface area contributed by atoms with E-state index in [2.05, 4.69) is 10.3 Å². The van der Waals surface area contributed by atoms with Crippen molar-refractivity contribution in [1.29, 1.82) is 0 Å². The van der Waals surface area contributed by atoms with E-state index in [1.54, 1.807) is 12.1 Å². The standard InChI is InChI=1S/C17H16N2O2/c20-15-5-1-12(2-6-15)7-9-19-17(21)14-4-3-13-8-10-18-16(13)11-14/h1-6,8,10-11,18,20H,7,9H2,(H,19,21). The summed E-state index contributed by atoms with van der Waals surface area (Å²) >= 11 is 0. The van der Waals surface area contributed by atoms with Gasteiger partial charge >= 0.3 is 0 Å². The van der Waals surface area contributed by atoms with Gasteiger partial charge in [-0.1, -0.05) is 18.2 Å². The van der Waals surface area contributed by atoms with Crippen LogP contribution in [0.2, 0.25) is 0 Å². The summed E-state index contributed by atoms with van der Waals surface area (Å²) in [5.74, 6) is 0.173. The average molecular weight is 280 g/mol. The van der Waals surface area contributed by atoms with Crippen molar-refractivity contribution in [3.05, 3.63) is 65.9 Å². The SMILES string of the molecule is O=C(NCCc1ccc(O)cc1)c1ccc2cc[nH]c2c1. The summed E-state index contributed by atoms with van der Waals surface area (Å²) in [4.78, 5) is 15.2. The number of H-pyrrole nitrogens is 1. The van der Waals surface area contributed by atoms with Crippen LogP contribution in [-0.4, -0.2) is 22.5 Å². The summed E-state index contributed by atoms with van der Waals surface area (Å²) in [6.45, 7) is 0.562. The molecule has 0 radical (unpaired) electrons. The lowest BCUT2D eigenvalue weighted by Crippen LogP contribution is -2.25. The first kappa shape index (κ1) is 13.2. The molecule has 0 bridgehead atoms. The number of amides is 1. The van der Waals surface area contributed by atoms with Gasteiger partial charge in [-0.3, -0.25) is 4.79 Å². The van der Waals surface area contributed by atoms with Crippen molar-refractivity contribution in [2.75, 3.05) is 6.54 Å². The maximum Gasteiger partial charge on any atom is 0.251 e. The van der Waals surface area contributed by atoms with Crippen LogP contribution in [0.1, 0.15) is 15.9 Å². The van der Waals surface area contributed by atoms with Crippen molar-refractivity contribution in [3.63, 3.8) is 0 Å². The van der Waals surface area contributed by atoms with Gasteiger partial charge in [-0.15, -0.1) is 0 Å². The molecule has 0 aliphatic rings. The number of hydrogen-bond donors (Lipinski definition) is 3. The first-order chi connectivity index (χ1) is 10.2. The second-order valence-electron chi connectivity index (χ2n) is 4.95. The van der Waals surface area contributed by atoms with Gasteiger partial charge in [-0.2, -0.15) is 0 Å². The Balaban J connectivity index is 1.59. The van der Waals surface area contributed by atoms with Crippen molar-refractivity contribution in [1.82, 2.24) is 10.3 Å². The number of hydrogen-bond acceptors (Lipinski definition) is 2. The second kappa shape index (κ2) is 5.71. The zero-order valence-electron chi connectivity index (χ0n) is 11.5. The Kier molecular flexibility index (Phi) is 3.60. The monoisotopic (exact) mass is 280 g/mol. The Hall–Kier alpha value is -2.75. The Labute approximate surface area is 122 Å². The maximum atomic E-state index is 12.1. The molecule has 1 heterocycles. The number of phenolic OH excluding ortho intramolecular Hbond substituents is 1. The number of rotatable bonds is 4. The van der Waals surface area contributed by atoms with Crippen LogP contribution in [-0.2, 0) is 6.42 Å². The van der Waals surface area contributed by atoms with Gasteiger partial charge in [0.05, 0.1) is 0 Å². The normalized spacial score (nSPS) is 10.7. The molecule has 2 aromatic carbocycles. The molecule has 0 atom stereocenters. The van der Waals surface area contributed by atoms with E-state index in [0.29, 0.717) is 12.1 Å². The highest BCUT2D eigenvalue weighted by Crippen LogP contribution is 2.14. The van der Waals surface area contributed by atoms with Crippen LogP contribution in [0.15, 0.2) is 54.7 Å². The Morgan fingerprint density at radius 1 is 1.10 bits per heavy atom. The minimum atomic E-state index is -0.0784. The van der Waals surface area contributed by atoms with Crippen molar-refractivity contribution < 1.29 is 9.90 Å². The van der Waals surface area contributed by atoms with Crippen LogP contribution in [0, 0.1) is 0 Å². The van der Waals surface area contributed by atoms with Crippen LogP contribution in [0.5, 0.6) is 5.75 Å². The molecule has 0 aliphatic heterocycles. The van der Waals surface area contributed by atoms with Crippen molar-refractivity contribution in [2.45, 2.75) is 6.42 Å². The number of carbonyl (C=O) groups is 1. The van der Waals surface area contributed by atoms with Gasteiger partial charge in [0.1, 0.15) is 5.75 Å². The molecule has 0 saturated carbocycles. The van der Waals surface area contributed by atoms with E-state index in [9.17, 15) is 9.90 Å². The van der Waals surface area contributed by atoms with Gasteiger partial charge in [-0.25, -0.2) is 0 Å². The van der Waals surface area contributed by atoms with Gasteiger partial charge in [0, 0.05) is 23.8 Å². The molecule has 106 valence electrons. The molecular formula is C17H16N2O2. The van der Waals surface area contributed by atoms with E-state index >= 15 is 0 Å². The summed E-state index contributed by atoms with van der Waals surface area (Å²) in [6, 6.07) is 14.6. The smallest absolute Gasteiger partial charge is 0.251 e. The van der Waals surface area contributed by atoms with Crippen LogP contribution in [0.3, 0.4) is 0 Å². The van der Waals surface area contributed by atoms with Crippen LogP contribution >= 0.6 is 0 Å². The molecule has 0 saturated heterocycles. The highest BCUT2D eigenvalue weighted by molar-refractivity contribution is 5.97. The maximum absolute atomic E-state index is 12.1. The molecule has 21 heavy (non-hydrogen) atoms. The molecular weight excluding hydrogens is 264 g/mol. The third-order valence-corrected chi connectivity index (χ3v) is 3.45. The van der Waals surface area contributed by atoms with E-state index in [0.717, 1.165) is 22.9 Å². The number of benzene rings is 2. The number of phenols is 1. The number of aromatic amines is 1. The zero-order valence-corrected chi connectivity index (χ0v) is 11.5. The molecule has 4 heteroatoms. The summed E-state index contributed by atoms with van der Waals surface area (Å²) in [7, 11) is 0. The van der Waals surface area contributed by atoms with Crippen LogP contribution < -0.4 is 5.32 Å². The lowest BCUT2D eigenvalue weighted by molar-refractivity contribution is 0.0954. The average Bonchev–Trinajstić information content (AvgIpc) is 2.96. The van der Waals surface area contributed by atoms with Crippen LogP contribution in [0.25, 0.3) is 10.9 Å². The first-order valence-electron chi connectivity index (χ1n) is 6.85. The Bertz CT molecular complexity index is 760. The minimum Gasteiger partial charge on any atom is -0.508 e. The first-order valence-corrected chi connectivity index (χ1v) is 6.85. The fraction of sp³-hybridized carbons (Fsp3) is 0.118. The van der Waals surface area contributed by atoms with Crippen molar-refractivity contribution in [3.8, 4) is 5.75 Å². The molecule has 1 aromatic heterocycles.